The van der Waals surface area contributed by atoms with Crippen LogP contribution in [0.5, 0.6) is 0 Å². The molecule has 0 saturated heterocycles. The van der Waals surface area contributed by atoms with E-state index in [9.17, 15) is 0 Å². The molecule has 0 saturated carbocycles. The first-order chi connectivity index (χ1) is 34.3. The average Bonchev–Trinajstić information content (AvgIpc) is 4.19. The number of nitrogens with zero attached hydrogens (tertiary/aromatic N) is 2. The number of rotatable bonds is 6. The minimum Gasteiger partial charge on any atom is -0.462 e. The number of furan rings is 1. The molecule has 1 aliphatic heterocycles. The predicted molar refractivity (Wildman–Crippen MR) is 288 cm³/mol. The van der Waals surface area contributed by atoms with Crippen molar-refractivity contribution in [2.75, 3.05) is 4.90 Å². The molecule has 1 atom stereocenters. The third-order valence-electron chi connectivity index (χ3n) is 14.9. The molecule has 1 spiro atoms. The Morgan fingerprint density at radius 1 is 0.420 bits per heavy atom. The summed E-state index contributed by atoms with van der Waals surface area (Å²) in [6.45, 7) is 0. The third-order valence-corrected chi connectivity index (χ3v) is 16.1. The zero-order chi connectivity index (χ0) is 45.2. The summed E-state index contributed by atoms with van der Waals surface area (Å²) in [7, 11) is 0. The van der Waals surface area contributed by atoms with E-state index >= 15 is 0 Å². The summed E-state index contributed by atoms with van der Waals surface area (Å²) in [5.41, 5.74) is 20.7. The molecule has 4 heterocycles. The standard InChI is InChI=1S/C65H40N2OS/c1-3-17-41(18-4-1)44-35-38-59-50(39-44)58(40-68-59)66(45-36-33-43(34-37-45)64-61(42-19-5-2-6-20-42)49-23-9-14-32-60(49)69-64)57-31-16-27-53-62(57)48-22-7-10-25-51(48)65(53)52-26-11-13-30-56(52)67-55-29-12-8-21-46(55)47-24-15-28-54(65)63(47)67/h1-40H. The first-order valence-electron chi connectivity index (χ1n) is 23.7. The Hall–Kier alpha value is -8.70. The summed E-state index contributed by atoms with van der Waals surface area (Å²) < 4.78 is 10.4. The van der Waals surface area contributed by atoms with Crippen molar-refractivity contribution in [2.45, 2.75) is 5.41 Å². The fourth-order valence-electron chi connectivity index (χ4n) is 12.1. The largest absolute Gasteiger partial charge is 0.462 e. The van der Waals surface area contributed by atoms with Crippen molar-refractivity contribution in [1.82, 2.24) is 4.57 Å². The number of fused-ring (bicyclic) bond motifs is 14. The van der Waals surface area contributed by atoms with E-state index in [4.69, 9.17) is 4.42 Å². The summed E-state index contributed by atoms with van der Waals surface area (Å²) in [5.74, 6) is 0. The van der Waals surface area contributed by atoms with Gasteiger partial charge in [0, 0.05) is 47.9 Å². The van der Waals surface area contributed by atoms with Gasteiger partial charge in [-0.15, -0.1) is 11.3 Å². The van der Waals surface area contributed by atoms with Crippen molar-refractivity contribution < 1.29 is 4.42 Å². The Morgan fingerprint density at radius 3 is 1.93 bits per heavy atom. The summed E-state index contributed by atoms with van der Waals surface area (Å²) in [4.78, 5) is 3.72. The van der Waals surface area contributed by atoms with Gasteiger partial charge in [-0.3, -0.25) is 0 Å². The smallest absolute Gasteiger partial charge is 0.136 e. The Morgan fingerprint density at radius 2 is 1.07 bits per heavy atom. The van der Waals surface area contributed by atoms with Gasteiger partial charge in [0.15, 0.2) is 0 Å². The van der Waals surface area contributed by atoms with E-state index in [1.165, 1.54) is 98.1 Å². The van der Waals surface area contributed by atoms with Crippen molar-refractivity contribution >= 4 is 71.3 Å². The van der Waals surface area contributed by atoms with E-state index in [0.29, 0.717) is 0 Å². The summed E-state index contributed by atoms with van der Waals surface area (Å²) in [5, 5.41) is 4.87. The average molecular weight is 897 g/mol. The highest BCUT2D eigenvalue weighted by Crippen LogP contribution is 2.63. The van der Waals surface area contributed by atoms with Crippen molar-refractivity contribution in [3.8, 4) is 49.5 Å². The van der Waals surface area contributed by atoms with Gasteiger partial charge in [0.25, 0.3) is 0 Å². The highest BCUT2D eigenvalue weighted by Gasteiger charge is 2.51. The van der Waals surface area contributed by atoms with Gasteiger partial charge in [0.1, 0.15) is 11.8 Å². The minimum atomic E-state index is -0.591. The van der Waals surface area contributed by atoms with Crippen molar-refractivity contribution in [3.05, 3.63) is 265 Å². The van der Waals surface area contributed by atoms with Crippen LogP contribution in [0.25, 0.3) is 92.4 Å². The zero-order valence-electron chi connectivity index (χ0n) is 37.3. The number of benzene rings is 10. The first kappa shape index (κ1) is 38.4. The molecule has 0 radical (unpaired) electrons. The minimum absolute atomic E-state index is 0.591. The molecule has 2 aliphatic rings. The monoisotopic (exact) mass is 896 g/mol. The van der Waals surface area contributed by atoms with Gasteiger partial charge in [0.2, 0.25) is 0 Å². The number of thiophene rings is 1. The maximum absolute atomic E-state index is 6.56. The van der Waals surface area contributed by atoms with E-state index in [1.54, 1.807) is 0 Å². The molecule has 0 fully saturated rings. The Bertz CT molecular complexity index is 4200. The van der Waals surface area contributed by atoms with Crippen LogP contribution in [-0.2, 0) is 5.41 Å². The number of hydrogen-bond donors (Lipinski definition) is 0. The van der Waals surface area contributed by atoms with Gasteiger partial charge in [-0.05, 0) is 98.6 Å². The summed E-state index contributed by atoms with van der Waals surface area (Å²) in [6.07, 6.45) is 1.96. The van der Waals surface area contributed by atoms with E-state index in [1.807, 2.05) is 17.6 Å². The lowest BCUT2D eigenvalue weighted by molar-refractivity contribution is 0.616. The predicted octanol–water partition coefficient (Wildman–Crippen LogP) is 17.9. The first-order valence-corrected chi connectivity index (χ1v) is 24.5. The molecule has 10 aromatic carbocycles. The van der Waals surface area contributed by atoms with Gasteiger partial charge in [-0.2, -0.15) is 0 Å². The molecule has 3 aromatic heterocycles. The van der Waals surface area contributed by atoms with Crippen LogP contribution in [0, 0.1) is 0 Å². The number of hydrogen-bond acceptors (Lipinski definition) is 3. The quantitative estimate of drug-likeness (QED) is 0.166. The van der Waals surface area contributed by atoms with Crippen LogP contribution in [-0.4, -0.2) is 4.57 Å². The molecular weight excluding hydrogens is 857 g/mol. The summed E-state index contributed by atoms with van der Waals surface area (Å²) in [6, 6.07) is 87.1. The fraction of sp³-hybridized carbons (Fsp3) is 0.0154. The molecular formula is C65H40N2OS. The highest BCUT2D eigenvalue weighted by atomic mass is 32.1. The molecule has 4 heteroatoms. The lowest BCUT2D eigenvalue weighted by Crippen LogP contribution is -2.33. The lowest BCUT2D eigenvalue weighted by atomic mass is 9.65. The molecule has 1 aliphatic carbocycles. The van der Waals surface area contributed by atoms with Crippen LogP contribution < -0.4 is 4.90 Å². The molecule has 322 valence electrons. The van der Waals surface area contributed by atoms with Crippen LogP contribution in [0.1, 0.15) is 22.3 Å². The van der Waals surface area contributed by atoms with Crippen LogP contribution in [0.2, 0.25) is 0 Å². The zero-order valence-corrected chi connectivity index (χ0v) is 38.1. The van der Waals surface area contributed by atoms with Crippen molar-refractivity contribution in [1.29, 1.82) is 0 Å². The fourth-order valence-corrected chi connectivity index (χ4v) is 13.3. The van der Waals surface area contributed by atoms with Gasteiger partial charge >= 0.3 is 0 Å². The Kier molecular flexibility index (Phi) is 8.15. The molecule has 15 rings (SSSR count). The number of aromatic nitrogens is 1. The number of para-hydroxylation sites is 3. The highest BCUT2D eigenvalue weighted by molar-refractivity contribution is 7.23. The van der Waals surface area contributed by atoms with Crippen molar-refractivity contribution in [3.63, 3.8) is 0 Å². The van der Waals surface area contributed by atoms with Crippen LogP contribution in [0.3, 0.4) is 0 Å². The third kappa shape index (κ3) is 5.32. The van der Waals surface area contributed by atoms with Gasteiger partial charge < -0.3 is 13.9 Å². The van der Waals surface area contributed by atoms with Gasteiger partial charge in [0.05, 0.1) is 33.5 Å². The van der Waals surface area contributed by atoms with Crippen LogP contribution in [0.15, 0.2) is 247 Å². The van der Waals surface area contributed by atoms with E-state index in [0.717, 1.165) is 33.6 Å². The Labute approximate surface area is 403 Å². The number of anilines is 3. The second-order valence-corrected chi connectivity index (χ2v) is 19.4. The van der Waals surface area contributed by atoms with Gasteiger partial charge in [-0.1, -0.05) is 188 Å². The molecule has 69 heavy (non-hydrogen) atoms. The normalized spacial score (nSPS) is 14.4. The molecule has 0 N–H and O–H groups in total. The van der Waals surface area contributed by atoms with E-state index < -0.39 is 5.41 Å². The maximum Gasteiger partial charge on any atom is 0.136 e. The summed E-state index contributed by atoms with van der Waals surface area (Å²) >= 11 is 1.86. The molecule has 3 nitrogen and oxygen atoms in total. The lowest BCUT2D eigenvalue weighted by Gasteiger charge is -2.39. The topological polar surface area (TPSA) is 21.3 Å². The van der Waals surface area contributed by atoms with Crippen LogP contribution >= 0.6 is 11.3 Å². The Balaban J connectivity index is 1.00. The SMILES string of the molecule is c1ccc(-c2ccc3occ(N(c4ccc(-c5sc6ccccc6c5-c5ccccc5)cc4)c4cccc5c4-c4ccccc4C54c5ccccc5-n5c6ccccc6c6cccc4c65)c3c2)cc1. The molecule has 1 unspecified atom stereocenters. The molecule has 13 aromatic rings. The van der Waals surface area contributed by atoms with E-state index in [2.05, 4.69) is 246 Å². The maximum atomic E-state index is 6.56. The van der Waals surface area contributed by atoms with Crippen LogP contribution in [0.4, 0.5) is 17.1 Å². The van der Waals surface area contributed by atoms with E-state index in [-0.39, 0.29) is 0 Å². The molecule has 0 bridgehead atoms. The molecule has 0 amide bonds. The second kappa shape index (κ2) is 14.6. The van der Waals surface area contributed by atoms with Gasteiger partial charge in [-0.25, -0.2) is 0 Å². The second-order valence-electron chi connectivity index (χ2n) is 18.3. The van der Waals surface area contributed by atoms with Crippen molar-refractivity contribution in [2.24, 2.45) is 0 Å².